The number of hydrogen-bond donors (Lipinski definition) is 1. The molecule has 0 radical (unpaired) electrons. The summed E-state index contributed by atoms with van der Waals surface area (Å²) in [6.45, 7) is -0.447. The lowest BCUT2D eigenvalue weighted by molar-refractivity contribution is -0.119. The Morgan fingerprint density at radius 1 is 0.882 bits per heavy atom. The van der Waals surface area contributed by atoms with Crippen LogP contribution in [0.25, 0.3) is 16.8 Å². The number of methoxy groups -OCH3 is 2. The van der Waals surface area contributed by atoms with Crippen molar-refractivity contribution in [3.8, 4) is 28.3 Å². The Kier molecular flexibility index (Phi) is 6.88. The van der Waals surface area contributed by atoms with Crippen molar-refractivity contribution in [1.29, 1.82) is 0 Å². The summed E-state index contributed by atoms with van der Waals surface area (Å²) in [5.74, 6) is -0.102. The van der Waals surface area contributed by atoms with Crippen molar-refractivity contribution in [2.24, 2.45) is 0 Å². The molecule has 0 saturated carbocycles. The first-order valence-electron chi connectivity index (χ1n) is 10.5. The van der Waals surface area contributed by atoms with Crippen LogP contribution >= 0.6 is 0 Å². The number of hydrogen-bond acceptors (Lipinski definition) is 6. The fraction of sp³-hybridized carbons (Fsp3) is 0.115. The van der Waals surface area contributed by atoms with Gasteiger partial charge in [0.1, 0.15) is 0 Å². The lowest BCUT2D eigenvalue weighted by Crippen LogP contribution is -2.21. The monoisotopic (exact) mass is 457 g/mol. The van der Waals surface area contributed by atoms with E-state index in [0.29, 0.717) is 28.3 Å². The molecule has 34 heavy (non-hydrogen) atoms. The van der Waals surface area contributed by atoms with Crippen molar-refractivity contribution in [2.75, 3.05) is 26.1 Å². The summed E-state index contributed by atoms with van der Waals surface area (Å²) in [5.41, 5.74) is 2.66. The third kappa shape index (κ3) is 5.07. The van der Waals surface area contributed by atoms with Gasteiger partial charge in [0.2, 0.25) is 0 Å². The van der Waals surface area contributed by atoms with Gasteiger partial charge in [-0.25, -0.2) is 9.48 Å². The zero-order valence-corrected chi connectivity index (χ0v) is 18.7. The standard InChI is InChI=1S/C26H23N3O5/c1-32-22-14-13-18(15-23(22)33-2)21-16-29(20-11-7-4-8-12-20)28-25(21)26(31)34-17-24(30)27-19-9-5-3-6-10-19/h3-16H,17H2,1-2H3,(H,27,30). The van der Waals surface area contributed by atoms with Gasteiger partial charge in [-0.15, -0.1) is 0 Å². The van der Waals surface area contributed by atoms with Crippen LogP contribution in [0.3, 0.4) is 0 Å². The Morgan fingerprint density at radius 2 is 1.56 bits per heavy atom. The van der Waals surface area contributed by atoms with Gasteiger partial charge < -0.3 is 19.5 Å². The molecular weight excluding hydrogens is 434 g/mol. The van der Waals surface area contributed by atoms with Gasteiger partial charge in [-0.2, -0.15) is 5.10 Å². The molecule has 8 heteroatoms. The van der Waals surface area contributed by atoms with Gasteiger partial charge in [0, 0.05) is 17.4 Å². The Bertz CT molecular complexity index is 1290. The van der Waals surface area contributed by atoms with Crippen LogP contribution in [0.2, 0.25) is 0 Å². The minimum Gasteiger partial charge on any atom is -0.493 e. The molecule has 0 atom stereocenters. The summed E-state index contributed by atoms with van der Waals surface area (Å²) < 4.78 is 17.6. The van der Waals surface area contributed by atoms with Crippen molar-refractivity contribution in [2.45, 2.75) is 0 Å². The SMILES string of the molecule is COc1ccc(-c2cn(-c3ccccc3)nc2C(=O)OCC(=O)Nc2ccccc2)cc1OC. The second-order valence-corrected chi connectivity index (χ2v) is 7.23. The molecule has 4 rings (SSSR count). The van der Waals surface area contributed by atoms with Gasteiger partial charge in [-0.05, 0) is 42.0 Å². The van der Waals surface area contributed by atoms with E-state index in [0.717, 1.165) is 5.69 Å². The number of anilines is 1. The molecule has 4 aromatic rings. The van der Waals surface area contributed by atoms with Crippen LogP contribution < -0.4 is 14.8 Å². The number of benzene rings is 3. The molecule has 0 aliphatic rings. The predicted molar refractivity (Wildman–Crippen MR) is 127 cm³/mol. The molecule has 1 heterocycles. The molecule has 0 aliphatic heterocycles. The minimum atomic E-state index is -0.720. The van der Waals surface area contributed by atoms with E-state index in [4.69, 9.17) is 14.2 Å². The predicted octanol–water partition coefficient (Wildman–Crippen LogP) is 4.35. The maximum absolute atomic E-state index is 13.0. The van der Waals surface area contributed by atoms with E-state index in [1.807, 2.05) is 36.4 Å². The van der Waals surface area contributed by atoms with Crippen LogP contribution in [0.1, 0.15) is 10.5 Å². The van der Waals surface area contributed by atoms with Gasteiger partial charge in [0.05, 0.1) is 19.9 Å². The first kappa shape index (κ1) is 22.6. The van der Waals surface area contributed by atoms with Crippen molar-refractivity contribution >= 4 is 17.6 Å². The molecule has 0 unspecified atom stereocenters. The average Bonchev–Trinajstić information content (AvgIpc) is 3.33. The molecule has 1 aromatic heterocycles. The molecule has 172 valence electrons. The second-order valence-electron chi connectivity index (χ2n) is 7.23. The summed E-state index contributed by atoms with van der Waals surface area (Å²) in [7, 11) is 3.09. The third-order valence-electron chi connectivity index (χ3n) is 5.01. The number of nitrogens with one attached hydrogen (secondary N) is 1. The maximum Gasteiger partial charge on any atom is 0.360 e. The van der Waals surface area contributed by atoms with Crippen LogP contribution in [0, 0.1) is 0 Å². The molecule has 3 aromatic carbocycles. The highest BCUT2D eigenvalue weighted by molar-refractivity contribution is 5.98. The fourth-order valence-electron chi connectivity index (χ4n) is 3.37. The molecule has 8 nitrogen and oxygen atoms in total. The van der Waals surface area contributed by atoms with E-state index < -0.39 is 18.5 Å². The largest absolute Gasteiger partial charge is 0.493 e. The summed E-state index contributed by atoms with van der Waals surface area (Å²) in [4.78, 5) is 25.2. The Morgan fingerprint density at radius 3 is 2.24 bits per heavy atom. The van der Waals surface area contributed by atoms with Gasteiger partial charge in [0.25, 0.3) is 5.91 Å². The molecule has 1 N–H and O–H groups in total. The topological polar surface area (TPSA) is 91.7 Å². The number of aromatic nitrogens is 2. The Balaban J connectivity index is 1.62. The number of ether oxygens (including phenoxy) is 3. The van der Waals surface area contributed by atoms with Crippen molar-refractivity contribution < 1.29 is 23.8 Å². The lowest BCUT2D eigenvalue weighted by atomic mass is 10.1. The summed E-state index contributed by atoms with van der Waals surface area (Å²) in [6, 6.07) is 23.6. The molecule has 0 fully saturated rings. The lowest BCUT2D eigenvalue weighted by Gasteiger charge is -2.10. The van der Waals surface area contributed by atoms with Gasteiger partial charge in [-0.1, -0.05) is 42.5 Å². The van der Waals surface area contributed by atoms with Crippen molar-refractivity contribution in [3.05, 3.63) is 90.8 Å². The van der Waals surface area contributed by atoms with Crippen molar-refractivity contribution in [1.82, 2.24) is 9.78 Å². The molecule has 1 amide bonds. The van der Waals surface area contributed by atoms with Crippen molar-refractivity contribution in [3.63, 3.8) is 0 Å². The number of carbonyl (C=O) groups is 2. The molecule has 0 bridgehead atoms. The maximum atomic E-state index is 13.0. The fourth-order valence-corrected chi connectivity index (χ4v) is 3.37. The van der Waals surface area contributed by atoms with E-state index in [1.54, 1.807) is 60.5 Å². The molecular formula is C26H23N3O5. The van der Waals surface area contributed by atoms with E-state index in [2.05, 4.69) is 10.4 Å². The highest BCUT2D eigenvalue weighted by Gasteiger charge is 2.22. The number of esters is 1. The zero-order valence-electron chi connectivity index (χ0n) is 18.7. The number of rotatable bonds is 8. The summed E-state index contributed by atoms with van der Waals surface area (Å²) in [6.07, 6.45) is 1.73. The number of para-hydroxylation sites is 2. The van der Waals surface area contributed by atoms with Crippen LogP contribution in [0.15, 0.2) is 85.1 Å². The number of amides is 1. The number of nitrogens with zero attached hydrogens (tertiary/aromatic N) is 2. The minimum absolute atomic E-state index is 0.0728. The molecule has 0 aliphatic carbocycles. The quantitative estimate of drug-likeness (QED) is 0.396. The summed E-state index contributed by atoms with van der Waals surface area (Å²) in [5, 5.41) is 7.14. The average molecular weight is 457 g/mol. The summed E-state index contributed by atoms with van der Waals surface area (Å²) >= 11 is 0. The first-order chi connectivity index (χ1) is 16.6. The Labute approximate surface area is 196 Å². The molecule has 0 spiro atoms. The van der Waals surface area contributed by atoms with Gasteiger partial charge in [0.15, 0.2) is 23.8 Å². The zero-order chi connectivity index (χ0) is 23.9. The van der Waals surface area contributed by atoms with Crippen LogP contribution in [0.5, 0.6) is 11.5 Å². The molecule has 0 saturated heterocycles. The highest BCUT2D eigenvalue weighted by atomic mass is 16.5. The van der Waals surface area contributed by atoms with E-state index in [-0.39, 0.29) is 5.69 Å². The van der Waals surface area contributed by atoms with E-state index in [1.165, 1.54) is 7.11 Å². The van der Waals surface area contributed by atoms with Crippen LogP contribution in [0.4, 0.5) is 5.69 Å². The van der Waals surface area contributed by atoms with Gasteiger partial charge in [-0.3, -0.25) is 4.79 Å². The smallest absolute Gasteiger partial charge is 0.360 e. The van der Waals surface area contributed by atoms with Crippen LogP contribution in [-0.4, -0.2) is 42.5 Å². The highest BCUT2D eigenvalue weighted by Crippen LogP contribution is 2.34. The van der Waals surface area contributed by atoms with E-state index >= 15 is 0 Å². The van der Waals surface area contributed by atoms with Crippen LogP contribution in [-0.2, 0) is 9.53 Å². The van der Waals surface area contributed by atoms with Gasteiger partial charge >= 0.3 is 5.97 Å². The number of carbonyl (C=O) groups excluding carboxylic acids is 2. The van der Waals surface area contributed by atoms with E-state index in [9.17, 15) is 9.59 Å². The first-order valence-corrected chi connectivity index (χ1v) is 10.5. The normalized spacial score (nSPS) is 10.4. The Hall–Kier alpha value is -4.59. The second kappa shape index (κ2) is 10.4. The third-order valence-corrected chi connectivity index (χ3v) is 5.01.